The fraction of sp³-hybridized carbons (Fsp3) is 0.722. The minimum atomic E-state index is -0.915. The fourth-order valence-corrected chi connectivity index (χ4v) is 2.93. The van der Waals surface area contributed by atoms with Gasteiger partial charge in [-0.15, -0.1) is 0 Å². The molecule has 0 saturated heterocycles. The second-order valence-corrected chi connectivity index (χ2v) is 7.79. The smallest absolute Gasteiger partial charge is 0.311 e. The van der Waals surface area contributed by atoms with Crippen molar-refractivity contribution in [1.29, 1.82) is 0 Å². The maximum atomic E-state index is 12.5. The third kappa shape index (κ3) is 3.62. The van der Waals surface area contributed by atoms with Gasteiger partial charge in [-0.1, -0.05) is 13.8 Å². The van der Waals surface area contributed by atoms with Gasteiger partial charge >= 0.3 is 5.97 Å². The first-order valence-corrected chi connectivity index (χ1v) is 8.76. The largest absolute Gasteiger partial charge is 0.481 e. The molecule has 6 heteroatoms. The Labute approximate surface area is 143 Å². The Morgan fingerprint density at radius 3 is 2.29 bits per heavy atom. The molecule has 1 aromatic rings. The van der Waals surface area contributed by atoms with E-state index >= 15 is 0 Å². The Hall–Kier alpha value is -1.85. The normalized spacial score (nSPS) is 15.4. The minimum absolute atomic E-state index is 0.120. The molecule has 0 bridgehead atoms. The molecule has 1 aliphatic carbocycles. The van der Waals surface area contributed by atoms with E-state index in [-0.39, 0.29) is 18.0 Å². The molecule has 1 saturated carbocycles. The Morgan fingerprint density at radius 2 is 1.88 bits per heavy atom. The summed E-state index contributed by atoms with van der Waals surface area (Å²) in [5, 5.41) is 16.7. The summed E-state index contributed by atoms with van der Waals surface area (Å²) in [6.07, 6.45) is 3.22. The highest BCUT2D eigenvalue weighted by Crippen LogP contribution is 2.41. The van der Waals surface area contributed by atoms with Gasteiger partial charge in [0.05, 0.1) is 11.0 Å². The lowest BCUT2D eigenvalue weighted by Gasteiger charge is -2.26. The minimum Gasteiger partial charge on any atom is -0.481 e. The van der Waals surface area contributed by atoms with E-state index in [0.717, 1.165) is 18.5 Å². The average Bonchev–Trinajstić information content (AvgIpc) is 3.25. The SMILES string of the molecule is CCC(CC)(CNC(=O)c1cc(C2CC2)n(C(C)(C)C)n1)C(=O)O. The third-order valence-electron chi connectivity index (χ3n) is 5.00. The first-order valence-electron chi connectivity index (χ1n) is 8.76. The van der Waals surface area contributed by atoms with Crippen LogP contribution >= 0.6 is 0 Å². The van der Waals surface area contributed by atoms with Crippen LogP contribution in [-0.4, -0.2) is 33.3 Å². The predicted octanol–water partition coefficient (Wildman–Crippen LogP) is 3.14. The van der Waals surface area contributed by atoms with Crippen LogP contribution in [0.3, 0.4) is 0 Å². The zero-order valence-electron chi connectivity index (χ0n) is 15.3. The standard InChI is InChI=1S/C18H29N3O3/c1-6-18(7-2,16(23)24)11-19-15(22)13-10-14(12-8-9-12)21(20-13)17(3,4)5/h10,12H,6-9,11H2,1-5H3,(H,19,22)(H,23,24). The first kappa shape index (κ1) is 18.5. The van der Waals surface area contributed by atoms with Gasteiger partial charge in [-0.25, -0.2) is 0 Å². The highest BCUT2D eigenvalue weighted by Gasteiger charge is 2.36. The Balaban J connectivity index is 2.17. The topological polar surface area (TPSA) is 84.2 Å². The van der Waals surface area contributed by atoms with Crippen molar-refractivity contribution in [3.63, 3.8) is 0 Å². The lowest BCUT2D eigenvalue weighted by molar-refractivity contribution is -0.149. The molecule has 1 aliphatic rings. The number of carboxylic acids is 1. The van der Waals surface area contributed by atoms with Gasteiger partial charge in [0, 0.05) is 18.2 Å². The van der Waals surface area contributed by atoms with Gasteiger partial charge in [0.1, 0.15) is 5.69 Å². The zero-order chi connectivity index (χ0) is 18.1. The van der Waals surface area contributed by atoms with Gasteiger partial charge in [0.2, 0.25) is 0 Å². The van der Waals surface area contributed by atoms with Crippen LogP contribution in [0, 0.1) is 5.41 Å². The second kappa shape index (κ2) is 6.57. The summed E-state index contributed by atoms with van der Waals surface area (Å²) < 4.78 is 1.93. The average molecular weight is 335 g/mol. The number of carbonyl (C=O) groups is 2. The van der Waals surface area contributed by atoms with Crippen molar-refractivity contribution in [3.8, 4) is 0 Å². The predicted molar refractivity (Wildman–Crippen MR) is 92.2 cm³/mol. The molecule has 2 rings (SSSR count). The summed E-state index contributed by atoms with van der Waals surface area (Å²) in [6.45, 7) is 9.99. The van der Waals surface area contributed by atoms with Crippen LogP contribution in [0.1, 0.15) is 82.4 Å². The zero-order valence-corrected chi connectivity index (χ0v) is 15.3. The van der Waals surface area contributed by atoms with E-state index in [4.69, 9.17) is 0 Å². The molecular formula is C18H29N3O3. The summed E-state index contributed by atoms with van der Waals surface area (Å²) in [5.41, 5.74) is 0.372. The molecule has 1 fully saturated rings. The lowest BCUT2D eigenvalue weighted by atomic mass is 9.82. The van der Waals surface area contributed by atoms with Gasteiger partial charge < -0.3 is 10.4 Å². The Kier molecular flexibility index (Phi) is 5.06. The van der Waals surface area contributed by atoms with Crippen molar-refractivity contribution in [3.05, 3.63) is 17.5 Å². The number of nitrogens with zero attached hydrogens (tertiary/aromatic N) is 2. The van der Waals surface area contributed by atoms with Crippen molar-refractivity contribution in [2.75, 3.05) is 6.54 Å². The lowest BCUT2D eigenvalue weighted by Crippen LogP contribution is -2.42. The van der Waals surface area contributed by atoms with Crippen molar-refractivity contribution in [1.82, 2.24) is 15.1 Å². The van der Waals surface area contributed by atoms with Crippen LogP contribution < -0.4 is 5.32 Å². The number of hydrogen-bond acceptors (Lipinski definition) is 3. The third-order valence-corrected chi connectivity index (χ3v) is 5.00. The number of nitrogens with one attached hydrogen (secondary N) is 1. The van der Waals surface area contributed by atoms with E-state index in [1.165, 1.54) is 0 Å². The molecule has 2 N–H and O–H groups in total. The second-order valence-electron chi connectivity index (χ2n) is 7.79. The van der Waals surface area contributed by atoms with Crippen LogP contribution in [0.15, 0.2) is 6.07 Å². The quantitative estimate of drug-likeness (QED) is 0.802. The summed E-state index contributed by atoms with van der Waals surface area (Å²) in [7, 11) is 0. The summed E-state index contributed by atoms with van der Waals surface area (Å²) in [5.74, 6) is -0.679. The molecule has 6 nitrogen and oxygen atoms in total. The molecule has 0 aliphatic heterocycles. The molecule has 1 amide bonds. The van der Waals surface area contributed by atoms with Gasteiger partial charge in [-0.3, -0.25) is 14.3 Å². The molecule has 0 radical (unpaired) electrons. The Bertz CT molecular complexity index is 620. The van der Waals surface area contributed by atoms with E-state index in [9.17, 15) is 14.7 Å². The van der Waals surface area contributed by atoms with E-state index < -0.39 is 11.4 Å². The van der Waals surface area contributed by atoms with E-state index in [0.29, 0.717) is 24.5 Å². The van der Waals surface area contributed by atoms with Crippen molar-refractivity contribution >= 4 is 11.9 Å². The first-order chi connectivity index (χ1) is 11.1. The molecule has 0 aromatic carbocycles. The number of carboxylic acid groups (broad SMARTS) is 1. The number of hydrogen-bond donors (Lipinski definition) is 2. The van der Waals surface area contributed by atoms with Crippen LogP contribution in [0.4, 0.5) is 0 Å². The number of aliphatic carboxylic acids is 1. The van der Waals surface area contributed by atoms with Crippen molar-refractivity contribution < 1.29 is 14.7 Å². The van der Waals surface area contributed by atoms with E-state index in [1.807, 2.05) is 24.6 Å². The van der Waals surface area contributed by atoms with Crippen LogP contribution in [-0.2, 0) is 10.3 Å². The Morgan fingerprint density at radius 1 is 1.29 bits per heavy atom. The molecule has 0 atom stereocenters. The van der Waals surface area contributed by atoms with Crippen molar-refractivity contribution in [2.45, 2.75) is 71.8 Å². The van der Waals surface area contributed by atoms with E-state index in [2.05, 4.69) is 31.2 Å². The fourth-order valence-electron chi connectivity index (χ4n) is 2.93. The molecule has 0 unspecified atom stereocenters. The van der Waals surface area contributed by atoms with Gasteiger partial charge in [0.15, 0.2) is 0 Å². The van der Waals surface area contributed by atoms with Crippen LogP contribution in [0.2, 0.25) is 0 Å². The van der Waals surface area contributed by atoms with Gasteiger partial charge in [-0.05, 0) is 52.5 Å². The number of aromatic nitrogens is 2. The van der Waals surface area contributed by atoms with E-state index in [1.54, 1.807) is 0 Å². The molecule has 1 aromatic heterocycles. The highest BCUT2D eigenvalue weighted by molar-refractivity contribution is 5.92. The number of rotatable bonds is 7. The van der Waals surface area contributed by atoms with Gasteiger partial charge in [0.25, 0.3) is 5.91 Å². The highest BCUT2D eigenvalue weighted by atomic mass is 16.4. The van der Waals surface area contributed by atoms with Gasteiger partial charge in [-0.2, -0.15) is 5.10 Å². The van der Waals surface area contributed by atoms with Crippen LogP contribution in [0.5, 0.6) is 0 Å². The van der Waals surface area contributed by atoms with Crippen molar-refractivity contribution in [2.24, 2.45) is 5.41 Å². The molecular weight excluding hydrogens is 306 g/mol. The summed E-state index contributed by atoms with van der Waals surface area (Å²) in [4.78, 5) is 24.1. The maximum absolute atomic E-state index is 12.5. The molecule has 0 spiro atoms. The number of amides is 1. The summed E-state index contributed by atoms with van der Waals surface area (Å²) in [6, 6.07) is 1.86. The molecule has 24 heavy (non-hydrogen) atoms. The van der Waals surface area contributed by atoms with Crippen LogP contribution in [0.25, 0.3) is 0 Å². The molecule has 1 heterocycles. The number of carbonyl (C=O) groups excluding carboxylic acids is 1. The summed E-state index contributed by atoms with van der Waals surface area (Å²) >= 11 is 0. The monoisotopic (exact) mass is 335 g/mol. The maximum Gasteiger partial charge on any atom is 0.311 e. The molecule has 134 valence electrons.